The van der Waals surface area contributed by atoms with Crippen LogP contribution >= 0.6 is 0 Å². The predicted molar refractivity (Wildman–Crippen MR) is 52.9 cm³/mol. The van der Waals surface area contributed by atoms with Gasteiger partial charge in [-0.3, -0.25) is 19.8 Å². The second-order valence-electron chi connectivity index (χ2n) is 4.80. The van der Waals surface area contributed by atoms with E-state index in [0.29, 0.717) is 13.1 Å². The summed E-state index contributed by atoms with van der Waals surface area (Å²) in [6.07, 6.45) is 0.229. The number of rotatable bonds is 2. The predicted octanol–water partition coefficient (Wildman–Crippen LogP) is -0.896. The Balaban J connectivity index is 1.95. The molecule has 0 aromatic heterocycles. The van der Waals surface area contributed by atoms with Gasteiger partial charge in [-0.25, -0.2) is 0 Å². The first kappa shape index (κ1) is 10.6. The molecule has 2 aliphatic rings. The van der Waals surface area contributed by atoms with Gasteiger partial charge in [0.1, 0.15) is 0 Å². The average Bonchev–Trinajstić information content (AvgIpc) is 2.39. The van der Waals surface area contributed by atoms with E-state index >= 15 is 0 Å². The van der Waals surface area contributed by atoms with Crippen molar-refractivity contribution in [3.63, 3.8) is 0 Å². The van der Waals surface area contributed by atoms with Crippen molar-refractivity contribution in [2.45, 2.75) is 31.9 Å². The van der Waals surface area contributed by atoms with Gasteiger partial charge in [0.05, 0.1) is 18.1 Å². The number of nitrogens with one attached hydrogen (secondary N) is 1. The summed E-state index contributed by atoms with van der Waals surface area (Å²) in [6.45, 7) is 4.88. The van der Waals surface area contributed by atoms with Gasteiger partial charge in [-0.15, -0.1) is 0 Å². The number of aliphatic hydroxyl groups is 1. The van der Waals surface area contributed by atoms with Gasteiger partial charge in [-0.1, -0.05) is 13.8 Å². The Morgan fingerprint density at radius 2 is 2.07 bits per heavy atom. The number of carbonyl (C=O) groups excluding carboxylic acids is 2. The van der Waals surface area contributed by atoms with E-state index < -0.39 is 5.60 Å². The molecular formula is C10H16N2O3. The highest BCUT2D eigenvalue weighted by Crippen LogP contribution is 2.31. The van der Waals surface area contributed by atoms with Gasteiger partial charge in [0, 0.05) is 13.1 Å². The van der Waals surface area contributed by atoms with Crippen molar-refractivity contribution in [2.24, 2.45) is 5.92 Å². The standard InChI is InChI=1S/C10H16N2O3/c1-6(2)10(15)4-12(5-10)7-3-8(13)11-9(7)14/h6-7,15H,3-5H2,1-2H3,(H,11,13,14). The second kappa shape index (κ2) is 3.28. The molecule has 0 spiro atoms. The Kier molecular flexibility index (Phi) is 2.31. The third-order valence-corrected chi connectivity index (χ3v) is 3.41. The summed E-state index contributed by atoms with van der Waals surface area (Å²) in [5.41, 5.74) is -0.689. The van der Waals surface area contributed by atoms with E-state index in [0.717, 1.165) is 0 Å². The summed E-state index contributed by atoms with van der Waals surface area (Å²) in [5, 5.41) is 12.3. The molecule has 2 aliphatic heterocycles. The lowest BCUT2D eigenvalue weighted by atomic mass is 9.82. The quantitative estimate of drug-likeness (QED) is 0.582. The van der Waals surface area contributed by atoms with Crippen LogP contribution in [0.15, 0.2) is 0 Å². The van der Waals surface area contributed by atoms with Crippen LogP contribution in [0.2, 0.25) is 0 Å². The van der Waals surface area contributed by atoms with Crippen molar-refractivity contribution < 1.29 is 14.7 Å². The number of nitrogens with zero attached hydrogens (tertiary/aromatic N) is 1. The van der Waals surface area contributed by atoms with E-state index in [-0.39, 0.29) is 30.2 Å². The molecular weight excluding hydrogens is 196 g/mol. The number of carbonyl (C=O) groups is 2. The molecule has 0 aromatic rings. The smallest absolute Gasteiger partial charge is 0.244 e. The van der Waals surface area contributed by atoms with Crippen molar-refractivity contribution in [1.29, 1.82) is 0 Å². The minimum atomic E-state index is -0.689. The van der Waals surface area contributed by atoms with Crippen LogP contribution in [-0.2, 0) is 9.59 Å². The Morgan fingerprint density at radius 1 is 1.47 bits per heavy atom. The summed E-state index contributed by atoms with van der Waals surface area (Å²) >= 11 is 0. The fourth-order valence-electron chi connectivity index (χ4n) is 2.08. The molecule has 1 atom stereocenters. The highest BCUT2D eigenvalue weighted by atomic mass is 16.3. The fraction of sp³-hybridized carbons (Fsp3) is 0.800. The molecule has 2 rings (SSSR count). The van der Waals surface area contributed by atoms with Crippen molar-refractivity contribution in [1.82, 2.24) is 10.2 Å². The van der Waals surface area contributed by atoms with E-state index in [4.69, 9.17) is 0 Å². The molecule has 2 fully saturated rings. The first-order chi connectivity index (χ1) is 6.92. The van der Waals surface area contributed by atoms with Gasteiger partial charge in [0.25, 0.3) is 0 Å². The lowest BCUT2D eigenvalue weighted by molar-refractivity contribution is -0.152. The molecule has 84 valence electrons. The third-order valence-electron chi connectivity index (χ3n) is 3.41. The minimum Gasteiger partial charge on any atom is -0.387 e. The molecule has 2 heterocycles. The van der Waals surface area contributed by atoms with Gasteiger partial charge in [-0.05, 0) is 5.92 Å². The van der Waals surface area contributed by atoms with Crippen LogP contribution in [0.25, 0.3) is 0 Å². The summed E-state index contributed by atoms with van der Waals surface area (Å²) in [4.78, 5) is 24.2. The average molecular weight is 212 g/mol. The maximum atomic E-state index is 11.3. The maximum absolute atomic E-state index is 11.3. The normalized spacial score (nSPS) is 30.5. The summed E-state index contributed by atoms with van der Waals surface area (Å²) < 4.78 is 0. The monoisotopic (exact) mass is 212 g/mol. The van der Waals surface area contributed by atoms with Crippen LogP contribution in [0, 0.1) is 5.92 Å². The molecule has 5 nitrogen and oxygen atoms in total. The molecule has 2 N–H and O–H groups in total. The zero-order valence-corrected chi connectivity index (χ0v) is 8.99. The minimum absolute atomic E-state index is 0.175. The van der Waals surface area contributed by atoms with E-state index in [9.17, 15) is 14.7 Å². The van der Waals surface area contributed by atoms with Gasteiger partial charge in [-0.2, -0.15) is 0 Å². The van der Waals surface area contributed by atoms with Crippen LogP contribution in [0.5, 0.6) is 0 Å². The van der Waals surface area contributed by atoms with Crippen molar-refractivity contribution in [3.05, 3.63) is 0 Å². The Bertz CT molecular complexity index is 308. The van der Waals surface area contributed by atoms with Crippen LogP contribution in [0.4, 0.5) is 0 Å². The van der Waals surface area contributed by atoms with Crippen LogP contribution in [0.1, 0.15) is 20.3 Å². The molecule has 1 unspecified atom stereocenters. The molecule has 0 aliphatic carbocycles. The van der Waals surface area contributed by atoms with Crippen molar-refractivity contribution >= 4 is 11.8 Å². The van der Waals surface area contributed by atoms with E-state index in [1.54, 1.807) is 0 Å². The topological polar surface area (TPSA) is 69.6 Å². The van der Waals surface area contributed by atoms with Crippen LogP contribution in [0.3, 0.4) is 0 Å². The van der Waals surface area contributed by atoms with Crippen LogP contribution < -0.4 is 5.32 Å². The fourth-order valence-corrected chi connectivity index (χ4v) is 2.08. The van der Waals surface area contributed by atoms with Gasteiger partial charge in [0.15, 0.2) is 0 Å². The van der Waals surface area contributed by atoms with Crippen LogP contribution in [-0.4, -0.2) is 46.6 Å². The first-order valence-corrected chi connectivity index (χ1v) is 5.22. The van der Waals surface area contributed by atoms with Crippen molar-refractivity contribution in [3.8, 4) is 0 Å². The molecule has 15 heavy (non-hydrogen) atoms. The molecule has 0 aromatic carbocycles. The summed E-state index contributed by atoms with van der Waals surface area (Å²) in [7, 11) is 0. The first-order valence-electron chi connectivity index (χ1n) is 5.22. The maximum Gasteiger partial charge on any atom is 0.244 e. The molecule has 0 bridgehead atoms. The SMILES string of the molecule is CC(C)C1(O)CN(C2CC(=O)NC2=O)C1. The van der Waals surface area contributed by atoms with E-state index in [1.165, 1.54) is 0 Å². The highest BCUT2D eigenvalue weighted by molar-refractivity contribution is 6.05. The van der Waals surface area contributed by atoms with E-state index in [2.05, 4.69) is 5.32 Å². The Morgan fingerprint density at radius 3 is 2.47 bits per heavy atom. The van der Waals surface area contributed by atoms with Gasteiger partial charge >= 0.3 is 0 Å². The Hall–Kier alpha value is -0.940. The zero-order chi connectivity index (χ0) is 11.2. The lowest BCUT2D eigenvalue weighted by Crippen LogP contribution is -2.67. The highest BCUT2D eigenvalue weighted by Gasteiger charge is 2.49. The molecule has 0 radical (unpaired) electrons. The molecule has 0 saturated carbocycles. The molecule has 2 amide bonds. The summed E-state index contributed by atoms with van der Waals surface area (Å²) in [5.74, 6) is -0.273. The van der Waals surface area contributed by atoms with Crippen molar-refractivity contribution in [2.75, 3.05) is 13.1 Å². The number of β-amino-alcohol motifs (C(OH)–C–C–N with tert-alkyl or cyclic N) is 1. The zero-order valence-electron chi connectivity index (χ0n) is 8.99. The number of hydrogen-bond acceptors (Lipinski definition) is 4. The lowest BCUT2D eigenvalue weighted by Gasteiger charge is -2.50. The third kappa shape index (κ3) is 1.66. The number of hydrogen-bond donors (Lipinski definition) is 2. The Labute approximate surface area is 88.4 Å². The summed E-state index contributed by atoms with van der Waals surface area (Å²) in [6, 6.07) is -0.364. The van der Waals surface area contributed by atoms with Gasteiger partial charge in [0.2, 0.25) is 11.8 Å². The second-order valence-corrected chi connectivity index (χ2v) is 4.80. The molecule has 2 saturated heterocycles. The number of imide groups is 1. The number of amides is 2. The largest absolute Gasteiger partial charge is 0.387 e. The number of likely N-dealkylation sites (tertiary alicyclic amines) is 1. The van der Waals surface area contributed by atoms with Gasteiger partial charge < -0.3 is 5.11 Å². The van der Waals surface area contributed by atoms with E-state index in [1.807, 2.05) is 18.7 Å². The molecule has 5 heteroatoms.